The molecular formula is C23H21BrN4O2. The topological polar surface area (TPSA) is 82.6 Å². The number of hydrogen-bond donors (Lipinski definition) is 3. The molecule has 0 aromatic heterocycles. The van der Waals surface area contributed by atoms with E-state index >= 15 is 0 Å². The van der Waals surface area contributed by atoms with Crippen LogP contribution in [0, 0.1) is 0 Å². The molecule has 0 saturated carbocycles. The number of carbonyl (C=O) groups is 2. The Bertz CT molecular complexity index is 1030. The molecule has 0 fully saturated rings. The van der Waals surface area contributed by atoms with Crippen molar-refractivity contribution in [3.05, 3.63) is 88.9 Å². The Hall–Kier alpha value is -3.45. The van der Waals surface area contributed by atoms with Crippen molar-refractivity contribution in [3.8, 4) is 0 Å². The number of carbonyl (C=O) groups excluding carboxylic acids is 2. The summed E-state index contributed by atoms with van der Waals surface area (Å²) in [7, 11) is 0. The molecule has 3 aromatic rings. The molecule has 0 saturated heterocycles. The monoisotopic (exact) mass is 464 g/mol. The molecule has 3 aromatic carbocycles. The smallest absolute Gasteiger partial charge is 0.271 e. The third-order valence-electron chi connectivity index (χ3n) is 4.10. The highest BCUT2D eigenvalue weighted by molar-refractivity contribution is 9.10. The van der Waals surface area contributed by atoms with E-state index in [4.69, 9.17) is 0 Å². The Morgan fingerprint density at radius 3 is 2.10 bits per heavy atom. The first-order valence-electron chi connectivity index (χ1n) is 9.30. The normalized spacial score (nSPS) is 10.9. The van der Waals surface area contributed by atoms with Gasteiger partial charge >= 0.3 is 0 Å². The molecule has 0 atom stereocenters. The summed E-state index contributed by atoms with van der Waals surface area (Å²) in [4.78, 5) is 24.3. The van der Waals surface area contributed by atoms with E-state index in [9.17, 15) is 9.59 Å². The van der Waals surface area contributed by atoms with Gasteiger partial charge in [-0.3, -0.25) is 9.59 Å². The maximum absolute atomic E-state index is 12.2. The van der Waals surface area contributed by atoms with Gasteiger partial charge in [0.05, 0.1) is 6.42 Å². The molecule has 0 heterocycles. The number of para-hydroxylation sites is 1. The van der Waals surface area contributed by atoms with E-state index in [1.165, 1.54) is 0 Å². The molecule has 152 valence electrons. The lowest BCUT2D eigenvalue weighted by molar-refractivity contribution is -0.115. The van der Waals surface area contributed by atoms with Gasteiger partial charge in [-0.1, -0.05) is 34.1 Å². The Kier molecular flexibility index (Phi) is 7.34. The second kappa shape index (κ2) is 10.4. The Morgan fingerprint density at radius 1 is 0.833 bits per heavy atom. The van der Waals surface area contributed by atoms with Gasteiger partial charge in [0.15, 0.2) is 0 Å². The largest absolute Gasteiger partial charge is 0.356 e. The zero-order chi connectivity index (χ0) is 21.3. The number of halogens is 1. The van der Waals surface area contributed by atoms with Crippen molar-refractivity contribution < 1.29 is 9.59 Å². The van der Waals surface area contributed by atoms with Crippen molar-refractivity contribution in [3.63, 3.8) is 0 Å². The fourth-order valence-electron chi connectivity index (χ4n) is 2.61. The Morgan fingerprint density at radius 2 is 1.43 bits per heavy atom. The van der Waals surface area contributed by atoms with Gasteiger partial charge in [-0.05, 0) is 67.6 Å². The lowest BCUT2D eigenvalue weighted by Crippen LogP contribution is -2.21. The standard InChI is InChI=1S/C23H21BrN4O2/c1-16(27-28-23(30)17-7-9-18(24)10-8-17)15-22(29)26-21-13-11-20(12-14-21)25-19-5-3-2-4-6-19/h2-14,25H,15H2,1H3,(H,26,29)(H,28,30)/b27-16-. The molecule has 0 aliphatic rings. The second-order valence-corrected chi connectivity index (χ2v) is 7.50. The summed E-state index contributed by atoms with van der Waals surface area (Å²) in [6.07, 6.45) is 0.0740. The maximum Gasteiger partial charge on any atom is 0.271 e. The summed E-state index contributed by atoms with van der Waals surface area (Å²) >= 11 is 3.32. The fourth-order valence-corrected chi connectivity index (χ4v) is 2.88. The van der Waals surface area contributed by atoms with E-state index < -0.39 is 0 Å². The molecule has 0 unspecified atom stereocenters. The van der Waals surface area contributed by atoms with Gasteiger partial charge in [-0.15, -0.1) is 0 Å². The first-order valence-corrected chi connectivity index (χ1v) is 10.1. The van der Waals surface area contributed by atoms with Crippen LogP contribution in [0.3, 0.4) is 0 Å². The second-order valence-electron chi connectivity index (χ2n) is 6.59. The molecule has 3 N–H and O–H groups in total. The molecule has 0 spiro atoms. The summed E-state index contributed by atoms with van der Waals surface area (Å²) in [6, 6.07) is 24.2. The van der Waals surface area contributed by atoms with Crippen molar-refractivity contribution in [2.24, 2.45) is 5.10 Å². The maximum atomic E-state index is 12.2. The summed E-state index contributed by atoms with van der Waals surface area (Å²) in [5.74, 6) is -0.540. The average molecular weight is 465 g/mol. The van der Waals surface area contributed by atoms with Gasteiger partial charge in [0.25, 0.3) is 5.91 Å². The van der Waals surface area contributed by atoms with E-state index in [0.717, 1.165) is 15.8 Å². The lowest BCUT2D eigenvalue weighted by Gasteiger charge is -2.09. The molecule has 0 aliphatic carbocycles. The number of hydrogen-bond acceptors (Lipinski definition) is 4. The van der Waals surface area contributed by atoms with Gasteiger partial charge < -0.3 is 10.6 Å². The van der Waals surface area contributed by atoms with E-state index in [0.29, 0.717) is 17.0 Å². The van der Waals surface area contributed by atoms with E-state index in [1.54, 1.807) is 31.2 Å². The number of benzene rings is 3. The highest BCUT2D eigenvalue weighted by atomic mass is 79.9. The van der Waals surface area contributed by atoms with Gasteiger partial charge in [0.2, 0.25) is 5.91 Å². The van der Waals surface area contributed by atoms with Crippen LogP contribution in [0.1, 0.15) is 23.7 Å². The molecule has 0 bridgehead atoms. The first kappa shape index (κ1) is 21.3. The predicted molar refractivity (Wildman–Crippen MR) is 124 cm³/mol. The Labute approximate surface area is 183 Å². The van der Waals surface area contributed by atoms with Crippen molar-refractivity contribution in [1.82, 2.24) is 5.43 Å². The number of anilines is 3. The van der Waals surface area contributed by atoms with Crippen LogP contribution in [0.5, 0.6) is 0 Å². The summed E-state index contributed by atoms with van der Waals surface area (Å²) in [6.45, 7) is 1.69. The SMILES string of the molecule is C/C(CC(=O)Nc1ccc(Nc2ccccc2)cc1)=N/NC(=O)c1ccc(Br)cc1. The van der Waals surface area contributed by atoms with Gasteiger partial charge in [-0.25, -0.2) is 5.43 Å². The Balaban J connectivity index is 1.48. The van der Waals surface area contributed by atoms with Crippen LogP contribution in [0.25, 0.3) is 0 Å². The zero-order valence-corrected chi connectivity index (χ0v) is 17.9. The minimum absolute atomic E-state index is 0.0740. The van der Waals surface area contributed by atoms with Crippen LogP contribution in [-0.2, 0) is 4.79 Å². The molecular weight excluding hydrogens is 444 g/mol. The van der Waals surface area contributed by atoms with E-state index in [1.807, 2.05) is 54.6 Å². The van der Waals surface area contributed by atoms with Gasteiger partial charge in [0.1, 0.15) is 0 Å². The van der Waals surface area contributed by atoms with Crippen LogP contribution in [-0.4, -0.2) is 17.5 Å². The fraction of sp³-hybridized carbons (Fsp3) is 0.0870. The molecule has 0 aliphatic heterocycles. The van der Waals surface area contributed by atoms with Gasteiger partial charge in [-0.2, -0.15) is 5.10 Å². The van der Waals surface area contributed by atoms with Crippen molar-refractivity contribution in [1.29, 1.82) is 0 Å². The number of rotatable bonds is 7. The van der Waals surface area contributed by atoms with Crippen LogP contribution < -0.4 is 16.1 Å². The first-order chi connectivity index (χ1) is 14.5. The van der Waals surface area contributed by atoms with E-state index in [-0.39, 0.29) is 18.2 Å². The minimum Gasteiger partial charge on any atom is -0.356 e. The third kappa shape index (κ3) is 6.56. The van der Waals surface area contributed by atoms with Crippen molar-refractivity contribution in [2.75, 3.05) is 10.6 Å². The summed E-state index contributed by atoms with van der Waals surface area (Å²) < 4.78 is 0.888. The highest BCUT2D eigenvalue weighted by Crippen LogP contribution is 2.18. The molecule has 3 rings (SSSR count). The molecule has 2 amide bonds. The number of hydrazone groups is 1. The number of nitrogens with one attached hydrogen (secondary N) is 3. The highest BCUT2D eigenvalue weighted by Gasteiger charge is 2.07. The van der Waals surface area contributed by atoms with Crippen LogP contribution >= 0.6 is 15.9 Å². The van der Waals surface area contributed by atoms with E-state index in [2.05, 4.69) is 37.1 Å². The number of nitrogens with zero attached hydrogens (tertiary/aromatic N) is 1. The third-order valence-corrected chi connectivity index (χ3v) is 4.63. The summed E-state index contributed by atoms with van der Waals surface area (Å²) in [5, 5.41) is 10.1. The molecule has 0 radical (unpaired) electrons. The lowest BCUT2D eigenvalue weighted by atomic mass is 10.2. The van der Waals surface area contributed by atoms with Crippen molar-refractivity contribution in [2.45, 2.75) is 13.3 Å². The minimum atomic E-state index is -0.330. The predicted octanol–water partition coefficient (Wildman–Crippen LogP) is 5.33. The van der Waals surface area contributed by atoms with Crippen LogP contribution in [0.2, 0.25) is 0 Å². The van der Waals surface area contributed by atoms with Crippen molar-refractivity contribution >= 4 is 50.5 Å². The molecule has 7 heteroatoms. The zero-order valence-electron chi connectivity index (χ0n) is 16.4. The average Bonchev–Trinajstić information content (AvgIpc) is 2.74. The van der Waals surface area contributed by atoms with Gasteiger partial charge in [0, 0.05) is 32.8 Å². The summed E-state index contributed by atoms with van der Waals surface area (Å²) in [5.41, 5.74) is 6.05. The van der Waals surface area contributed by atoms with Crippen LogP contribution in [0.15, 0.2) is 88.4 Å². The van der Waals surface area contributed by atoms with Crippen LogP contribution in [0.4, 0.5) is 17.1 Å². The molecule has 6 nitrogen and oxygen atoms in total. The number of amides is 2. The molecule has 30 heavy (non-hydrogen) atoms. The quantitative estimate of drug-likeness (QED) is 0.326.